The van der Waals surface area contributed by atoms with Gasteiger partial charge in [0, 0.05) is 44.9 Å². The summed E-state index contributed by atoms with van der Waals surface area (Å²) < 4.78 is 65.7. The lowest BCUT2D eigenvalue weighted by Crippen LogP contribution is -2.49. The molecule has 1 saturated carbocycles. The second-order valence-corrected chi connectivity index (χ2v) is 11.4. The zero-order chi connectivity index (χ0) is 29.5. The lowest BCUT2D eigenvalue weighted by atomic mass is 9.68. The first-order valence-electron chi connectivity index (χ1n) is 13.7. The predicted molar refractivity (Wildman–Crippen MR) is 142 cm³/mol. The second kappa shape index (κ2) is 11.2. The van der Waals surface area contributed by atoms with Crippen LogP contribution < -0.4 is 0 Å². The molecular formula is C31H32F4N2O4. The Morgan fingerprint density at radius 1 is 1.07 bits per heavy atom. The summed E-state index contributed by atoms with van der Waals surface area (Å²) >= 11 is 0. The average Bonchev–Trinajstić information content (AvgIpc) is 2.93. The quantitative estimate of drug-likeness (QED) is 0.296. The van der Waals surface area contributed by atoms with Crippen molar-refractivity contribution in [3.63, 3.8) is 0 Å². The number of hydrogen-bond acceptors (Lipinski definition) is 6. The van der Waals surface area contributed by atoms with Crippen molar-refractivity contribution in [1.29, 1.82) is 0 Å². The summed E-state index contributed by atoms with van der Waals surface area (Å²) in [5.74, 6) is -4.28. The number of halogens is 4. The summed E-state index contributed by atoms with van der Waals surface area (Å²) in [7, 11) is 0. The number of Topliss-reactive ketones (excluding diaryl/α,β-unsaturated/α-hetero) is 1. The van der Waals surface area contributed by atoms with Gasteiger partial charge in [0.15, 0.2) is 5.78 Å². The molecule has 0 amide bonds. The third kappa shape index (κ3) is 5.65. The topological polar surface area (TPSA) is 92.5 Å². The van der Waals surface area contributed by atoms with Gasteiger partial charge in [0.2, 0.25) is 0 Å². The Labute approximate surface area is 235 Å². The molecule has 2 aliphatic rings. The van der Waals surface area contributed by atoms with E-state index in [1.165, 1.54) is 6.20 Å². The zero-order valence-corrected chi connectivity index (χ0v) is 22.8. The summed E-state index contributed by atoms with van der Waals surface area (Å²) in [6, 6.07) is 5.52. The third-order valence-electron chi connectivity index (χ3n) is 8.76. The molecule has 0 unspecified atom stereocenters. The van der Waals surface area contributed by atoms with Crippen LogP contribution in [0.4, 0.5) is 17.6 Å². The van der Waals surface area contributed by atoms with Crippen LogP contribution in [0, 0.1) is 23.4 Å². The van der Waals surface area contributed by atoms with Crippen LogP contribution in [-0.4, -0.2) is 50.9 Å². The molecule has 2 fully saturated rings. The van der Waals surface area contributed by atoms with Gasteiger partial charge in [0.25, 0.3) is 0 Å². The monoisotopic (exact) mass is 572 g/mol. The summed E-state index contributed by atoms with van der Waals surface area (Å²) in [5.41, 5.74) is -3.70. The van der Waals surface area contributed by atoms with Crippen LogP contribution in [-0.2, 0) is 16.8 Å². The van der Waals surface area contributed by atoms with Crippen LogP contribution in [0.5, 0.6) is 0 Å². The Balaban J connectivity index is 1.42. The lowest BCUT2D eigenvalue weighted by Gasteiger charge is -2.43. The molecule has 1 saturated heterocycles. The van der Waals surface area contributed by atoms with Crippen molar-refractivity contribution in [1.82, 2.24) is 9.97 Å². The predicted octanol–water partition coefficient (Wildman–Crippen LogP) is 5.59. The molecule has 0 bridgehead atoms. The van der Waals surface area contributed by atoms with E-state index in [0.29, 0.717) is 18.4 Å². The Morgan fingerprint density at radius 3 is 2.41 bits per heavy atom. The first-order valence-corrected chi connectivity index (χ1v) is 13.7. The van der Waals surface area contributed by atoms with Crippen molar-refractivity contribution in [2.75, 3.05) is 13.2 Å². The highest BCUT2D eigenvalue weighted by molar-refractivity contribution is 5.96. The maximum atomic E-state index is 15.3. The Hall–Kier alpha value is -3.21. The summed E-state index contributed by atoms with van der Waals surface area (Å²) in [6.07, 6.45) is 2.74. The first-order chi connectivity index (χ1) is 19.4. The number of benzene rings is 1. The highest BCUT2D eigenvalue weighted by Crippen LogP contribution is 2.43. The number of rotatable bonds is 6. The average molecular weight is 573 g/mol. The molecule has 0 spiro atoms. The van der Waals surface area contributed by atoms with Gasteiger partial charge >= 0.3 is 0 Å². The van der Waals surface area contributed by atoms with Crippen LogP contribution >= 0.6 is 0 Å². The van der Waals surface area contributed by atoms with E-state index < -0.39 is 51.9 Å². The van der Waals surface area contributed by atoms with E-state index in [1.807, 2.05) is 6.92 Å². The van der Waals surface area contributed by atoms with Gasteiger partial charge in [-0.05, 0) is 78.6 Å². The number of aromatic nitrogens is 2. The van der Waals surface area contributed by atoms with Gasteiger partial charge in [0.05, 0.1) is 17.3 Å². The highest BCUT2D eigenvalue weighted by atomic mass is 19.1. The number of pyridine rings is 2. The molecular weight excluding hydrogens is 540 g/mol. The normalized spacial score (nSPS) is 26.1. The van der Waals surface area contributed by atoms with Gasteiger partial charge in [-0.3, -0.25) is 9.78 Å². The van der Waals surface area contributed by atoms with Crippen molar-refractivity contribution in [3.05, 3.63) is 82.6 Å². The standard InChI is InChI=1S/C31H32F4N2O4/c1-17-11-18(13-27(39)30(17,2)40)21-5-8-36-16-19(21)12-26(38)25-4-3-22(32)29(37-25)28-23(33)14-20(15-24(28)34)31(35)6-9-41-10-7-31/h3-5,8,14-18,27,39-40H,6-7,9-13H2,1-2H3/t17-,18+,27+,30+/m0/s1. The Morgan fingerprint density at radius 2 is 1.76 bits per heavy atom. The molecule has 6 nitrogen and oxygen atoms in total. The number of aliphatic hydroxyl groups excluding tert-OH is 1. The maximum absolute atomic E-state index is 15.3. The van der Waals surface area contributed by atoms with Gasteiger partial charge in [-0.1, -0.05) is 6.92 Å². The molecule has 4 atom stereocenters. The molecule has 0 radical (unpaired) electrons. The minimum Gasteiger partial charge on any atom is -0.390 e. The molecule has 2 N–H and O–H groups in total. The molecule has 1 aliphatic heterocycles. The van der Waals surface area contributed by atoms with E-state index in [-0.39, 0.29) is 55.6 Å². The van der Waals surface area contributed by atoms with Gasteiger partial charge in [-0.15, -0.1) is 0 Å². The molecule has 1 aromatic carbocycles. The van der Waals surface area contributed by atoms with Gasteiger partial charge in [-0.25, -0.2) is 22.5 Å². The van der Waals surface area contributed by atoms with Crippen molar-refractivity contribution >= 4 is 5.78 Å². The molecule has 3 heterocycles. The molecule has 3 aromatic rings. The summed E-state index contributed by atoms with van der Waals surface area (Å²) in [4.78, 5) is 21.4. The molecule has 2 aromatic heterocycles. The number of nitrogens with zero attached hydrogens (tertiary/aromatic N) is 2. The smallest absolute Gasteiger partial charge is 0.185 e. The van der Waals surface area contributed by atoms with E-state index in [0.717, 1.165) is 29.8 Å². The minimum absolute atomic E-state index is 0.0593. The number of carbonyl (C=O) groups excluding carboxylic acids is 1. The molecule has 10 heteroatoms. The number of aliphatic hydroxyl groups is 2. The minimum atomic E-state index is -1.97. The molecule has 218 valence electrons. The van der Waals surface area contributed by atoms with E-state index in [9.17, 15) is 19.4 Å². The Kier molecular flexibility index (Phi) is 8.02. The van der Waals surface area contributed by atoms with E-state index >= 15 is 13.2 Å². The first kappa shape index (κ1) is 29.3. The van der Waals surface area contributed by atoms with Crippen LogP contribution in [0.25, 0.3) is 11.3 Å². The third-order valence-corrected chi connectivity index (χ3v) is 8.76. The maximum Gasteiger partial charge on any atom is 0.185 e. The lowest BCUT2D eigenvalue weighted by molar-refractivity contribution is -0.123. The number of carbonyl (C=O) groups is 1. The van der Waals surface area contributed by atoms with Crippen molar-refractivity contribution in [2.24, 2.45) is 5.92 Å². The second-order valence-electron chi connectivity index (χ2n) is 11.4. The van der Waals surface area contributed by atoms with Gasteiger partial charge in [0.1, 0.15) is 34.5 Å². The number of ketones is 1. The van der Waals surface area contributed by atoms with E-state index in [2.05, 4.69) is 9.97 Å². The van der Waals surface area contributed by atoms with E-state index in [4.69, 9.17) is 4.74 Å². The van der Waals surface area contributed by atoms with Crippen molar-refractivity contribution in [3.8, 4) is 11.3 Å². The highest BCUT2D eigenvalue weighted by Gasteiger charge is 2.43. The number of hydrogen-bond donors (Lipinski definition) is 2. The number of alkyl halides is 1. The SMILES string of the molecule is C[C@H]1C[C@@H](c2ccncc2CC(=O)c2ccc(F)c(-c3c(F)cc(C4(F)CCOCC4)cc3F)n2)C[C@@H](O)[C@]1(C)O. The van der Waals surface area contributed by atoms with Crippen molar-refractivity contribution in [2.45, 2.75) is 69.2 Å². The largest absolute Gasteiger partial charge is 0.390 e. The van der Waals surface area contributed by atoms with Gasteiger partial charge < -0.3 is 14.9 Å². The summed E-state index contributed by atoms with van der Waals surface area (Å²) in [5, 5.41) is 21.1. The van der Waals surface area contributed by atoms with Crippen LogP contribution in [0.2, 0.25) is 0 Å². The fraction of sp³-hybridized carbons (Fsp3) is 0.452. The number of ether oxygens (including phenoxy) is 1. The Bertz CT molecular complexity index is 1420. The van der Waals surface area contributed by atoms with E-state index in [1.54, 1.807) is 19.2 Å². The fourth-order valence-corrected chi connectivity index (χ4v) is 5.91. The summed E-state index contributed by atoms with van der Waals surface area (Å²) in [6.45, 7) is 3.68. The molecule has 1 aliphatic carbocycles. The molecule has 5 rings (SSSR count). The van der Waals surface area contributed by atoms with Gasteiger partial charge in [-0.2, -0.15) is 0 Å². The zero-order valence-electron chi connectivity index (χ0n) is 22.8. The fourth-order valence-electron chi connectivity index (χ4n) is 5.91. The van der Waals surface area contributed by atoms with Crippen LogP contribution in [0.3, 0.4) is 0 Å². The van der Waals surface area contributed by atoms with Crippen LogP contribution in [0.1, 0.15) is 72.6 Å². The molecule has 41 heavy (non-hydrogen) atoms. The van der Waals surface area contributed by atoms with Crippen molar-refractivity contribution < 1.29 is 37.3 Å². The van der Waals surface area contributed by atoms with Crippen LogP contribution in [0.15, 0.2) is 42.7 Å².